The van der Waals surface area contributed by atoms with E-state index in [2.05, 4.69) is 69.3 Å². The molecule has 0 amide bonds. The summed E-state index contributed by atoms with van der Waals surface area (Å²) in [6, 6.07) is 11.8. The molecule has 0 unspecified atom stereocenters. The van der Waals surface area contributed by atoms with E-state index in [0.717, 1.165) is 17.0 Å². The van der Waals surface area contributed by atoms with Crippen LogP contribution in [-0.4, -0.2) is 20.6 Å². The largest absolute Gasteiger partial charge is 0.478 e. The van der Waals surface area contributed by atoms with Crippen molar-refractivity contribution in [3.05, 3.63) is 58.9 Å². The van der Waals surface area contributed by atoms with Crippen LogP contribution >= 0.6 is 0 Å². The van der Waals surface area contributed by atoms with Gasteiger partial charge in [0.2, 0.25) is 0 Å². The highest BCUT2D eigenvalue weighted by molar-refractivity contribution is 5.92. The van der Waals surface area contributed by atoms with Gasteiger partial charge in [-0.15, -0.1) is 0 Å². The monoisotopic (exact) mass is 364 g/mol. The van der Waals surface area contributed by atoms with Gasteiger partial charge in [-0.05, 0) is 59.2 Å². The summed E-state index contributed by atoms with van der Waals surface area (Å²) in [6.07, 6.45) is 0. The molecule has 4 nitrogen and oxygen atoms in total. The highest BCUT2D eigenvalue weighted by Gasteiger charge is 2.22. The second-order valence-electron chi connectivity index (χ2n) is 9.27. The minimum absolute atomic E-state index is 0.0246. The molecule has 0 saturated carbocycles. The van der Waals surface area contributed by atoms with Gasteiger partial charge in [0.05, 0.1) is 16.6 Å². The number of nitrogens with zero attached hydrogens (tertiary/aromatic N) is 2. The van der Waals surface area contributed by atoms with Gasteiger partial charge in [-0.2, -0.15) is 0 Å². The van der Waals surface area contributed by atoms with Crippen molar-refractivity contribution >= 4 is 17.0 Å². The number of carboxylic acids is 1. The molecule has 0 aliphatic rings. The van der Waals surface area contributed by atoms with Crippen LogP contribution in [0.1, 0.15) is 68.9 Å². The van der Waals surface area contributed by atoms with Crippen LogP contribution in [-0.2, 0) is 10.8 Å². The fourth-order valence-electron chi connectivity index (χ4n) is 3.27. The molecule has 4 heteroatoms. The minimum atomic E-state index is -0.936. The molecule has 0 spiro atoms. The van der Waals surface area contributed by atoms with Gasteiger partial charge in [0.1, 0.15) is 5.82 Å². The quantitative estimate of drug-likeness (QED) is 0.641. The second-order valence-corrected chi connectivity index (χ2v) is 9.27. The maximum atomic E-state index is 11.3. The van der Waals surface area contributed by atoms with Gasteiger partial charge < -0.3 is 5.11 Å². The molecule has 27 heavy (non-hydrogen) atoms. The van der Waals surface area contributed by atoms with Crippen LogP contribution in [0, 0.1) is 6.92 Å². The van der Waals surface area contributed by atoms with E-state index in [1.165, 1.54) is 11.1 Å². The molecule has 3 rings (SSSR count). The molecule has 2 aromatic carbocycles. The summed E-state index contributed by atoms with van der Waals surface area (Å²) in [6.45, 7) is 15.3. The number of hydrogen-bond acceptors (Lipinski definition) is 2. The van der Waals surface area contributed by atoms with Crippen LogP contribution in [0.25, 0.3) is 16.7 Å². The Labute approximate surface area is 160 Å². The van der Waals surface area contributed by atoms with E-state index in [9.17, 15) is 9.90 Å². The zero-order valence-corrected chi connectivity index (χ0v) is 17.2. The van der Waals surface area contributed by atoms with Crippen LogP contribution in [0.15, 0.2) is 36.4 Å². The van der Waals surface area contributed by atoms with E-state index >= 15 is 0 Å². The Morgan fingerprint density at radius 2 is 1.48 bits per heavy atom. The average Bonchev–Trinajstić information content (AvgIpc) is 2.87. The summed E-state index contributed by atoms with van der Waals surface area (Å²) in [4.78, 5) is 15.9. The normalized spacial score (nSPS) is 12.6. The third-order valence-corrected chi connectivity index (χ3v) is 4.98. The first-order valence-corrected chi connectivity index (χ1v) is 9.27. The van der Waals surface area contributed by atoms with Crippen molar-refractivity contribution in [2.24, 2.45) is 0 Å². The number of rotatable bonds is 2. The first-order valence-electron chi connectivity index (χ1n) is 9.27. The number of carbonyl (C=O) groups is 1. The van der Waals surface area contributed by atoms with Gasteiger partial charge in [0, 0.05) is 5.69 Å². The molecule has 0 aliphatic heterocycles. The number of hydrogen-bond donors (Lipinski definition) is 1. The molecule has 1 heterocycles. The van der Waals surface area contributed by atoms with Gasteiger partial charge in [-0.25, -0.2) is 9.78 Å². The molecule has 0 fully saturated rings. The Kier molecular flexibility index (Phi) is 4.41. The predicted molar refractivity (Wildman–Crippen MR) is 110 cm³/mol. The summed E-state index contributed by atoms with van der Waals surface area (Å²) in [5, 5.41) is 9.25. The lowest BCUT2D eigenvalue weighted by atomic mass is 9.80. The number of imidazole rings is 1. The third-order valence-electron chi connectivity index (χ3n) is 4.98. The number of aromatic carboxylic acids is 1. The molecular formula is C23H28N2O2. The van der Waals surface area contributed by atoms with Crippen molar-refractivity contribution in [1.29, 1.82) is 0 Å². The van der Waals surface area contributed by atoms with Gasteiger partial charge in [0.25, 0.3) is 0 Å². The van der Waals surface area contributed by atoms with Gasteiger partial charge in [-0.3, -0.25) is 4.57 Å². The van der Waals surface area contributed by atoms with E-state index in [1.54, 1.807) is 12.1 Å². The van der Waals surface area contributed by atoms with E-state index < -0.39 is 5.97 Å². The van der Waals surface area contributed by atoms with Crippen LogP contribution in [0.2, 0.25) is 0 Å². The molecule has 1 aromatic heterocycles. The van der Waals surface area contributed by atoms with Crippen molar-refractivity contribution in [2.75, 3.05) is 0 Å². The number of benzene rings is 2. The summed E-state index contributed by atoms with van der Waals surface area (Å²) in [5.41, 5.74) is 5.53. The molecule has 0 bridgehead atoms. The molecule has 142 valence electrons. The summed E-state index contributed by atoms with van der Waals surface area (Å²) in [5.74, 6) is -0.0905. The lowest BCUT2D eigenvalue weighted by molar-refractivity contribution is 0.0697. The van der Waals surface area contributed by atoms with Crippen LogP contribution in [0.4, 0.5) is 0 Å². The van der Waals surface area contributed by atoms with Crippen LogP contribution < -0.4 is 0 Å². The predicted octanol–water partition coefficient (Wildman–Crippen LogP) is 5.63. The zero-order valence-electron chi connectivity index (χ0n) is 17.2. The Morgan fingerprint density at radius 1 is 0.926 bits per heavy atom. The summed E-state index contributed by atoms with van der Waals surface area (Å²) < 4.78 is 2.12. The fourth-order valence-corrected chi connectivity index (χ4v) is 3.27. The maximum Gasteiger partial charge on any atom is 0.335 e. The molecule has 1 N–H and O–H groups in total. The zero-order chi connectivity index (χ0) is 20.1. The van der Waals surface area contributed by atoms with E-state index in [1.807, 2.05) is 13.0 Å². The molecular weight excluding hydrogens is 336 g/mol. The van der Waals surface area contributed by atoms with Gasteiger partial charge >= 0.3 is 5.97 Å². The standard InChI is InChI=1S/C23H28N2O2/c1-14-24-19-10-15(21(26)27)8-9-20(19)25(14)18-12-16(22(2,3)4)11-17(13-18)23(5,6)7/h8-13H,1-7H3,(H,26,27). The Balaban J connectivity index is 2.30. The minimum Gasteiger partial charge on any atom is -0.478 e. The number of aromatic nitrogens is 2. The van der Waals surface area contributed by atoms with Gasteiger partial charge in [-0.1, -0.05) is 47.6 Å². The highest BCUT2D eigenvalue weighted by Crippen LogP contribution is 2.33. The first kappa shape index (κ1) is 19.2. The van der Waals surface area contributed by atoms with Crippen molar-refractivity contribution in [1.82, 2.24) is 9.55 Å². The lowest BCUT2D eigenvalue weighted by Crippen LogP contribution is -2.17. The SMILES string of the molecule is Cc1nc2cc(C(=O)O)ccc2n1-c1cc(C(C)(C)C)cc(C(C)(C)C)c1. The summed E-state index contributed by atoms with van der Waals surface area (Å²) in [7, 11) is 0. The molecule has 0 aliphatic carbocycles. The molecule has 0 saturated heterocycles. The van der Waals surface area contributed by atoms with Gasteiger partial charge in [0.15, 0.2) is 0 Å². The van der Waals surface area contributed by atoms with E-state index in [4.69, 9.17) is 0 Å². The Hall–Kier alpha value is -2.62. The van der Waals surface area contributed by atoms with E-state index in [0.29, 0.717) is 5.52 Å². The van der Waals surface area contributed by atoms with Crippen LogP contribution in [0.5, 0.6) is 0 Å². The van der Waals surface area contributed by atoms with Crippen LogP contribution in [0.3, 0.4) is 0 Å². The number of fused-ring (bicyclic) bond motifs is 1. The molecule has 0 atom stereocenters. The number of aryl methyl sites for hydroxylation is 1. The second kappa shape index (κ2) is 6.22. The molecule has 3 aromatic rings. The summed E-state index contributed by atoms with van der Waals surface area (Å²) >= 11 is 0. The average molecular weight is 364 g/mol. The first-order chi connectivity index (χ1) is 12.4. The fraction of sp³-hybridized carbons (Fsp3) is 0.391. The van der Waals surface area contributed by atoms with Crippen molar-refractivity contribution in [3.8, 4) is 5.69 Å². The lowest BCUT2D eigenvalue weighted by Gasteiger charge is -2.26. The third kappa shape index (κ3) is 3.61. The van der Waals surface area contributed by atoms with Crippen molar-refractivity contribution < 1.29 is 9.90 Å². The molecule has 0 radical (unpaired) electrons. The Bertz CT molecular complexity index is 999. The van der Waals surface area contributed by atoms with Crippen molar-refractivity contribution in [3.63, 3.8) is 0 Å². The maximum absolute atomic E-state index is 11.3. The Morgan fingerprint density at radius 3 is 1.96 bits per heavy atom. The highest BCUT2D eigenvalue weighted by atomic mass is 16.4. The van der Waals surface area contributed by atoms with E-state index in [-0.39, 0.29) is 16.4 Å². The smallest absolute Gasteiger partial charge is 0.335 e. The topological polar surface area (TPSA) is 55.1 Å². The number of carboxylic acid groups (broad SMARTS) is 1. The van der Waals surface area contributed by atoms with Crippen molar-refractivity contribution in [2.45, 2.75) is 59.3 Å².